The maximum atomic E-state index is 6.03. The number of ether oxygens (including phenoxy) is 2. The largest absolute Gasteiger partial charge is 0.467 e. The zero-order chi connectivity index (χ0) is 15.3. The summed E-state index contributed by atoms with van der Waals surface area (Å²) in [4.78, 5) is 0. The van der Waals surface area contributed by atoms with Gasteiger partial charge in [0.15, 0.2) is 0 Å². The van der Waals surface area contributed by atoms with Crippen LogP contribution in [-0.4, -0.2) is 24.9 Å². The van der Waals surface area contributed by atoms with E-state index >= 15 is 0 Å². The molecule has 0 amide bonds. The molecule has 0 aliphatic heterocycles. The molecule has 1 aliphatic rings. The SMILES string of the molecule is COC1CCCC(OCc2occc2CNC(C)(C)C)C1. The molecule has 0 spiro atoms. The Morgan fingerprint density at radius 1 is 1.29 bits per heavy atom. The molecule has 0 saturated heterocycles. The van der Waals surface area contributed by atoms with Gasteiger partial charge in [0, 0.05) is 24.8 Å². The molecule has 21 heavy (non-hydrogen) atoms. The van der Waals surface area contributed by atoms with Gasteiger partial charge in [-0.15, -0.1) is 0 Å². The first-order valence-corrected chi connectivity index (χ1v) is 7.92. The van der Waals surface area contributed by atoms with Gasteiger partial charge in [-0.2, -0.15) is 0 Å². The highest BCUT2D eigenvalue weighted by Crippen LogP contribution is 2.24. The van der Waals surface area contributed by atoms with Gasteiger partial charge in [0.2, 0.25) is 0 Å². The molecule has 1 saturated carbocycles. The summed E-state index contributed by atoms with van der Waals surface area (Å²) in [5.74, 6) is 0.936. The second-order valence-corrected chi connectivity index (χ2v) is 6.93. The third-order valence-electron chi connectivity index (χ3n) is 4.01. The predicted molar refractivity (Wildman–Crippen MR) is 83.1 cm³/mol. The van der Waals surface area contributed by atoms with Crippen LogP contribution in [0.5, 0.6) is 0 Å². The molecule has 1 aromatic heterocycles. The smallest absolute Gasteiger partial charge is 0.133 e. The molecule has 4 heteroatoms. The Kier molecular flexibility index (Phi) is 5.85. The summed E-state index contributed by atoms with van der Waals surface area (Å²) in [6.07, 6.45) is 6.83. The van der Waals surface area contributed by atoms with E-state index in [1.165, 1.54) is 12.0 Å². The van der Waals surface area contributed by atoms with Crippen LogP contribution in [0.3, 0.4) is 0 Å². The van der Waals surface area contributed by atoms with Crippen LogP contribution in [0, 0.1) is 0 Å². The fourth-order valence-corrected chi connectivity index (χ4v) is 2.67. The molecule has 1 fully saturated rings. The lowest BCUT2D eigenvalue weighted by molar-refractivity contribution is -0.0407. The first kappa shape index (κ1) is 16.5. The lowest BCUT2D eigenvalue weighted by Gasteiger charge is -2.28. The van der Waals surface area contributed by atoms with Gasteiger partial charge in [-0.25, -0.2) is 0 Å². The molecule has 2 atom stereocenters. The third-order valence-corrected chi connectivity index (χ3v) is 4.01. The zero-order valence-corrected chi connectivity index (χ0v) is 13.8. The summed E-state index contributed by atoms with van der Waals surface area (Å²) in [6.45, 7) is 7.85. The highest BCUT2D eigenvalue weighted by Gasteiger charge is 2.23. The molecule has 0 radical (unpaired) electrons. The molecule has 1 aliphatic carbocycles. The first-order valence-electron chi connectivity index (χ1n) is 7.92. The van der Waals surface area contributed by atoms with E-state index in [4.69, 9.17) is 13.9 Å². The quantitative estimate of drug-likeness (QED) is 0.870. The van der Waals surface area contributed by atoms with Gasteiger partial charge in [0.25, 0.3) is 0 Å². The summed E-state index contributed by atoms with van der Waals surface area (Å²) in [5, 5.41) is 3.48. The minimum Gasteiger partial charge on any atom is -0.467 e. The lowest BCUT2D eigenvalue weighted by atomic mass is 9.95. The van der Waals surface area contributed by atoms with Gasteiger partial charge in [-0.3, -0.25) is 0 Å². The Morgan fingerprint density at radius 3 is 2.76 bits per heavy atom. The standard InChI is InChI=1S/C17H29NO3/c1-17(2,3)18-11-13-8-9-20-16(13)12-21-15-7-5-6-14(10-15)19-4/h8-9,14-15,18H,5-7,10-12H2,1-4H3. The monoisotopic (exact) mass is 295 g/mol. The van der Waals surface area contributed by atoms with Crippen molar-refractivity contribution in [1.29, 1.82) is 0 Å². The van der Waals surface area contributed by atoms with Crippen molar-refractivity contribution in [2.75, 3.05) is 7.11 Å². The fourth-order valence-electron chi connectivity index (χ4n) is 2.67. The van der Waals surface area contributed by atoms with E-state index in [9.17, 15) is 0 Å². The van der Waals surface area contributed by atoms with E-state index in [-0.39, 0.29) is 11.6 Å². The van der Waals surface area contributed by atoms with Crippen LogP contribution in [-0.2, 0) is 22.6 Å². The molecule has 2 unspecified atom stereocenters. The van der Waals surface area contributed by atoms with Crippen LogP contribution in [0.1, 0.15) is 57.8 Å². The molecule has 0 aromatic carbocycles. The van der Waals surface area contributed by atoms with Crippen molar-refractivity contribution in [2.24, 2.45) is 0 Å². The zero-order valence-electron chi connectivity index (χ0n) is 13.8. The van der Waals surface area contributed by atoms with Crippen LogP contribution in [0.2, 0.25) is 0 Å². The Balaban J connectivity index is 1.82. The van der Waals surface area contributed by atoms with Crippen molar-refractivity contribution >= 4 is 0 Å². The molecule has 0 bridgehead atoms. The maximum Gasteiger partial charge on any atom is 0.133 e. The Bertz CT molecular complexity index is 422. The van der Waals surface area contributed by atoms with E-state index in [1.807, 2.05) is 6.07 Å². The van der Waals surface area contributed by atoms with Crippen LogP contribution in [0.4, 0.5) is 0 Å². The highest BCUT2D eigenvalue weighted by atomic mass is 16.5. The van der Waals surface area contributed by atoms with E-state index in [0.717, 1.165) is 31.6 Å². The van der Waals surface area contributed by atoms with Crippen LogP contribution >= 0.6 is 0 Å². The van der Waals surface area contributed by atoms with E-state index < -0.39 is 0 Å². The molecule has 1 heterocycles. The minimum atomic E-state index is 0.102. The van der Waals surface area contributed by atoms with Crippen molar-refractivity contribution in [3.05, 3.63) is 23.7 Å². The van der Waals surface area contributed by atoms with Crippen molar-refractivity contribution in [2.45, 2.75) is 77.4 Å². The summed E-state index contributed by atoms with van der Waals surface area (Å²) in [7, 11) is 1.79. The Morgan fingerprint density at radius 2 is 2.05 bits per heavy atom. The minimum absolute atomic E-state index is 0.102. The molecule has 120 valence electrons. The van der Waals surface area contributed by atoms with E-state index in [2.05, 4.69) is 26.1 Å². The number of hydrogen-bond donors (Lipinski definition) is 1. The number of rotatable bonds is 6. The van der Waals surface area contributed by atoms with E-state index in [0.29, 0.717) is 12.7 Å². The second-order valence-electron chi connectivity index (χ2n) is 6.93. The summed E-state index contributed by atoms with van der Waals surface area (Å²) >= 11 is 0. The lowest BCUT2D eigenvalue weighted by Crippen LogP contribution is -2.35. The van der Waals surface area contributed by atoms with Crippen molar-refractivity contribution < 1.29 is 13.9 Å². The highest BCUT2D eigenvalue weighted by molar-refractivity contribution is 5.16. The van der Waals surface area contributed by atoms with Gasteiger partial charge < -0.3 is 19.2 Å². The van der Waals surface area contributed by atoms with Crippen molar-refractivity contribution in [3.63, 3.8) is 0 Å². The number of methoxy groups -OCH3 is 1. The third kappa shape index (κ3) is 5.46. The summed E-state index contributed by atoms with van der Waals surface area (Å²) in [5.41, 5.74) is 1.29. The van der Waals surface area contributed by atoms with Gasteiger partial charge in [-0.05, 0) is 52.5 Å². The number of hydrogen-bond acceptors (Lipinski definition) is 4. The van der Waals surface area contributed by atoms with Gasteiger partial charge in [-0.1, -0.05) is 0 Å². The van der Waals surface area contributed by atoms with Gasteiger partial charge in [0.1, 0.15) is 12.4 Å². The van der Waals surface area contributed by atoms with Gasteiger partial charge in [0.05, 0.1) is 18.5 Å². The van der Waals surface area contributed by atoms with Crippen molar-refractivity contribution in [3.8, 4) is 0 Å². The molecule has 1 aromatic rings. The number of furan rings is 1. The molecule has 4 nitrogen and oxygen atoms in total. The molecule has 1 N–H and O–H groups in total. The predicted octanol–water partition coefficient (Wildman–Crippen LogP) is 3.64. The molecular formula is C17H29NO3. The van der Waals surface area contributed by atoms with E-state index in [1.54, 1.807) is 13.4 Å². The van der Waals surface area contributed by atoms with Gasteiger partial charge >= 0.3 is 0 Å². The molecule has 2 rings (SSSR count). The maximum absolute atomic E-state index is 6.03. The fraction of sp³-hybridized carbons (Fsp3) is 0.765. The van der Waals surface area contributed by atoms with Crippen LogP contribution in [0.15, 0.2) is 16.7 Å². The van der Waals surface area contributed by atoms with Crippen LogP contribution < -0.4 is 5.32 Å². The average Bonchev–Trinajstić information content (AvgIpc) is 2.90. The summed E-state index contributed by atoms with van der Waals surface area (Å²) < 4.78 is 17.1. The van der Waals surface area contributed by atoms with Crippen molar-refractivity contribution in [1.82, 2.24) is 5.32 Å². The summed E-state index contributed by atoms with van der Waals surface area (Å²) in [6, 6.07) is 2.02. The van der Waals surface area contributed by atoms with Crippen LogP contribution in [0.25, 0.3) is 0 Å². The average molecular weight is 295 g/mol. The Hall–Kier alpha value is -0.840. The molecular weight excluding hydrogens is 266 g/mol. The number of nitrogens with one attached hydrogen (secondary N) is 1. The normalized spacial score (nSPS) is 23.4. The first-order chi connectivity index (χ1) is 9.98. The Labute approximate surface area is 128 Å². The second kappa shape index (κ2) is 7.43. The topological polar surface area (TPSA) is 43.6 Å².